The van der Waals surface area contributed by atoms with E-state index in [9.17, 15) is 5.26 Å². The lowest BCUT2D eigenvalue weighted by Crippen LogP contribution is -2.06. The Bertz CT molecular complexity index is 697. The lowest BCUT2D eigenvalue weighted by molar-refractivity contribution is 0.412. The molecule has 1 aliphatic carbocycles. The minimum atomic E-state index is 0.320. The third-order valence-electron chi connectivity index (χ3n) is 3.60. The second kappa shape index (κ2) is 5.37. The van der Waals surface area contributed by atoms with Crippen molar-refractivity contribution in [2.75, 3.05) is 24.7 Å². The summed E-state index contributed by atoms with van der Waals surface area (Å²) in [6.07, 6.45) is 2.47. The molecule has 0 spiro atoms. The van der Waals surface area contributed by atoms with Crippen molar-refractivity contribution in [3.05, 3.63) is 29.8 Å². The van der Waals surface area contributed by atoms with Crippen LogP contribution in [-0.2, 0) is 0 Å². The molecule has 1 fully saturated rings. The van der Waals surface area contributed by atoms with Gasteiger partial charge >= 0.3 is 0 Å². The Morgan fingerprint density at radius 1 is 1.48 bits per heavy atom. The Hall–Kier alpha value is -2.68. The minimum absolute atomic E-state index is 0.320. The summed E-state index contributed by atoms with van der Waals surface area (Å²) >= 11 is 0. The van der Waals surface area contributed by atoms with E-state index in [4.69, 9.17) is 10.5 Å². The topological polar surface area (TPSA) is 88.9 Å². The number of hydrogen-bond donors (Lipinski definition) is 2. The third kappa shape index (κ3) is 2.50. The number of rotatable bonds is 5. The molecule has 0 aliphatic heterocycles. The molecule has 6 heteroatoms. The van der Waals surface area contributed by atoms with Crippen LogP contribution in [0.1, 0.15) is 18.4 Å². The molecule has 1 aliphatic rings. The van der Waals surface area contributed by atoms with E-state index < -0.39 is 0 Å². The van der Waals surface area contributed by atoms with Crippen molar-refractivity contribution in [2.24, 2.45) is 5.92 Å². The Balaban J connectivity index is 2.00. The Labute approximate surface area is 123 Å². The van der Waals surface area contributed by atoms with Crippen molar-refractivity contribution in [3.63, 3.8) is 0 Å². The molecule has 1 heterocycles. The normalized spacial score (nSPS) is 13.7. The molecule has 0 bridgehead atoms. The number of benzene rings is 1. The number of ether oxygens (including phenoxy) is 1. The van der Waals surface area contributed by atoms with Gasteiger partial charge in [0.15, 0.2) is 5.82 Å². The smallest absolute Gasteiger partial charge is 0.168 e. The van der Waals surface area contributed by atoms with Crippen LogP contribution in [0, 0.1) is 17.2 Å². The largest absolute Gasteiger partial charge is 0.494 e. The van der Waals surface area contributed by atoms with Gasteiger partial charge in [0.25, 0.3) is 0 Å². The van der Waals surface area contributed by atoms with Crippen molar-refractivity contribution in [2.45, 2.75) is 12.8 Å². The maximum Gasteiger partial charge on any atom is 0.168 e. The minimum Gasteiger partial charge on any atom is -0.494 e. The van der Waals surface area contributed by atoms with Gasteiger partial charge in [-0.15, -0.1) is 5.10 Å². The van der Waals surface area contributed by atoms with Crippen LogP contribution in [0.2, 0.25) is 0 Å². The first-order valence-corrected chi connectivity index (χ1v) is 6.90. The molecule has 21 heavy (non-hydrogen) atoms. The van der Waals surface area contributed by atoms with Crippen LogP contribution < -0.4 is 15.8 Å². The van der Waals surface area contributed by atoms with Gasteiger partial charge < -0.3 is 15.8 Å². The molecule has 2 aromatic rings. The molecule has 1 saturated carbocycles. The zero-order valence-corrected chi connectivity index (χ0v) is 11.8. The summed E-state index contributed by atoms with van der Waals surface area (Å²) in [6.45, 7) is 0.830. The molecule has 3 N–H and O–H groups in total. The molecule has 0 amide bonds. The highest BCUT2D eigenvalue weighted by atomic mass is 16.5. The summed E-state index contributed by atoms with van der Waals surface area (Å²) in [5, 5.41) is 17.0. The van der Waals surface area contributed by atoms with Crippen LogP contribution in [0.15, 0.2) is 24.3 Å². The number of nitrogen functional groups attached to an aromatic ring is 1. The zero-order chi connectivity index (χ0) is 14.8. The van der Waals surface area contributed by atoms with Crippen molar-refractivity contribution < 1.29 is 4.74 Å². The summed E-state index contributed by atoms with van der Waals surface area (Å²) in [5.41, 5.74) is 7.17. The predicted octanol–water partition coefficient (Wildman–Crippen LogP) is 2.16. The van der Waals surface area contributed by atoms with Gasteiger partial charge in [-0.2, -0.15) is 5.26 Å². The highest BCUT2D eigenvalue weighted by Crippen LogP contribution is 2.32. The second-order valence-corrected chi connectivity index (χ2v) is 5.13. The maximum atomic E-state index is 9.31. The number of nitrogens with one attached hydrogen (secondary N) is 1. The molecule has 1 aromatic carbocycles. The molecule has 0 radical (unpaired) electrons. The van der Waals surface area contributed by atoms with Crippen LogP contribution in [0.5, 0.6) is 5.75 Å². The standard InChI is InChI=1S/C15H17N5O/c1-21-13-5-3-2-4-12(13)20-14(17)11(8-16)15(19-20)18-9-10-6-7-10/h2-5,10H,6-7,9,17H2,1H3,(H,18,19). The molecule has 3 rings (SSSR count). The Morgan fingerprint density at radius 3 is 2.90 bits per heavy atom. The van der Waals surface area contributed by atoms with E-state index in [2.05, 4.69) is 16.5 Å². The van der Waals surface area contributed by atoms with E-state index in [0.29, 0.717) is 34.6 Å². The van der Waals surface area contributed by atoms with E-state index >= 15 is 0 Å². The molecule has 1 aromatic heterocycles. The first kappa shape index (κ1) is 13.3. The molecule has 0 atom stereocenters. The van der Waals surface area contributed by atoms with Gasteiger partial charge in [-0.05, 0) is 30.9 Å². The van der Waals surface area contributed by atoms with Gasteiger partial charge in [0.2, 0.25) is 0 Å². The number of nitrogens with two attached hydrogens (primary N) is 1. The highest BCUT2D eigenvalue weighted by Gasteiger charge is 2.23. The Kier molecular flexibility index (Phi) is 3.40. The number of para-hydroxylation sites is 2. The Morgan fingerprint density at radius 2 is 2.24 bits per heavy atom. The number of hydrogen-bond acceptors (Lipinski definition) is 5. The van der Waals surface area contributed by atoms with E-state index in [1.807, 2.05) is 24.3 Å². The molecule has 6 nitrogen and oxygen atoms in total. The highest BCUT2D eigenvalue weighted by molar-refractivity contribution is 5.67. The van der Waals surface area contributed by atoms with Gasteiger partial charge in [-0.25, -0.2) is 4.68 Å². The molecule has 0 unspecified atom stereocenters. The van der Waals surface area contributed by atoms with Crippen molar-refractivity contribution in [1.29, 1.82) is 5.26 Å². The third-order valence-corrected chi connectivity index (χ3v) is 3.60. The predicted molar refractivity (Wildman–Crippen MR) is 80.5 cm³/mol. The lowest BCUT2D eigenvalue weighted by atomic mass is 10.3. The van der Waals surface area contributed by atoms with Crippen LogP contribution >= 0.6 is 0 Å². The number of nitrogens with zero attached hydrogens (tertiary/aromatic N) is 3. The monoisotopic (exact) mass is 283 g/mol. The maximum absolute atomic E-state index is 9.31. The van der Waals surface area contributed by atoms with Crippen molar-refractivity contribution >= 4 is 11.6 Å². The van der Waals surface area contributed by atoms with Crippen LogP contribution in [0.4, 0.5) is 11.6 Å². The number of methoxy groups -OCH3 is 1. The molecule has 108 valence electrons. The fourth-order valence-corrected chi connectivity index (χ4v) is 2.22. The number of anilines is 2. The summed E-state index contributed by atoms with van der Waals surface area (Å²) in [6, 6.07) is 9.56. The van der Waals surface area contributed by atoms with Gasteiger partial charge in [0.05, 0.1) is 7.11 Å². The fraction of sp³-hybridized carbons (Fsp3) is 0.333. The first-order valence-electron chi connectivity index (χ1n) is 6.90. The molecular weight excluding hydrogens is 266 g/mol. The van der Waals surface area contributed by atoms with Gasteiger partial charge in [-0.1, -0.05) is 12.1 Å². The van der Waals surface area contributed by atoms with E-state index in [-0.39, 0.29) is 0 Å². The van der Waals surface area contributed by atoms with Crippen LogP contribution in [0.3, 0.4) is 0 Å². The van der Waals surface area contributed by atoms with Crippen molar-refractivity contribution in [3.8, 4) is 17.5 Å². The average molecular weight is 283 g/mol. The van der Waals surface area contributed by atoms with Gasteiger partial charge in [0.1, 0.15) is 28.9 Å². The van der Waals surface area contributed by atoms with Crippen LogP contribution in [0.25, 0.3) is 5.69 Å². The van der Waals surface area contributed by atoms with E-state index in [1.54, 1.807) is 11.8 Å². The molecular formula is C15H17N5O. The first-order chi connectivity index (χ1) is 10.2. The summed E-state index contributed by atoms with van der Waals surface area (Å²) < 4.78 is 6.87. The second-order valence-electron chi connectivity index (χ2n) is 5.13. The van der Waals surface area contributed by atoms with Gasteiger partial charge in [-0.3, -0.25) is 0 Å². The van der Waals surface area contributed by atoms with Crippen LogP contribution in [-0.4, -0.2) is 23.4 Å². The molecule has 0 saturated heterocycles. The number of nitriles is 1. The lowest BCUT2D eigenvalue weighted by Gasteiger charge is -2.09. The summed E-state index contributed by atoms with van der Waals surface area (Å²) in [5.74, 6) is 2.20. The summed E-state index contributed by atoms with van der Waals surface area (Å²) in [4.78, 5) is 0. The quantitative estimate of drug-likeness (QED) is 0.877. The van der Waals surface area contributed by atoms with E-state index in [0.717, 1.165) is 6.54 Å². The van der Waals surface area contributed by atoms with Crippen molar-refractivity contribution in [1.82, 2.24) is 9.78 Å². The fourth-order valence-electron chi connectivity index (χ4n) is 2.22. The average Bonchev–Trinajstić information content (AvgIpc) is 3.29. The van der Waals surface area contributed by atoms with E-state index in [1.165, 1.54) is 12.8 Å². The van der Waals surface area contributed by atoms with Gasteiger partial charge in [0, 0.05) is 6.54 Å². The summed E-state index contributed by atoms with van der Waals surface area (Å²) in [7, 11) is 1.59. The zero-order valence-electron chi connectivity index (χ0n) is 11.8. The number of aromatic nitrogens is 2. The SMILES string of the molecule is COc1ccccc1-n1nc(NCC2CC2)c(C#N)c1N.